The molecule has 2 aliphatic heterocycles. The van der Waals surface area contributed by atoms with Gasteiger partial charge in [-0.15, -0.1) is 10.2 Å². The molecule has 0 radical (unpaired) electrons. The molecule has 2 fully saturated rings. The van der Waals surface area contributed by atoms with Gasteiger partial charge in [0.05, 0.1) is 6.61 Å². The number of β-amino-alcohol motifs (C(OH)–C–C–N with tert-alkyl or cyclic N) is 1. The Hall–Kier alpha value is -3.30. The van der Waals surface area contributed by atoms with Gasteiger partial charge in [0.2, 0.25) is 0 Å². The lowest BCUT2D eigenvalue weighted by Gasteiger charge is -2.36. The highest BCUT2D eigenvalue weighted by Crippen LogP contribution is 2.21. The van der Waals surface area contributed by atoms with Gasteiger partial charge >= 0.3 is 0 Å². The molecule has 9 nitrogen and oxygen atoms in total. The lowest BCUT2D eigenvalue weighted by atomic mass is 10.1. The van der Waals surface area contributed by atoms with Crippen LogP contribution in [0.15, 0.2) is 48.7 Å². The van der Waals surface area contributed by atoms with E-state index in [-0.39, 0.29) is 12.5 Å². The maximum atomic E-state index is 13.1. The number of aliphatic hydroxyl groups excluding tert-OH is 1. The van der Waals surface area contributed by atoms with Crippen molar-refractivity contribution in [1.82, 2.24) is 25.0 Å². The highest BCUT2D eigenvalue weighted by Gasteiger charge is 2.25. The first-order valence-electron chi connectivity index (χ1n) is 11.5. The molecule has 1 amide bonds. The minimum atomic E-state index is -0.0202. The zero-order valence-corrected chi connectivity index (χ0v) is 18.7. The van der Waals surface area contributed by atoms with Crippen molar-refractivity contribution in [2.75, 3.05) is 75.3 Å². The van der Waals surface area contributed by atoms with Gasteiger partial charge in [-0.3, -0.25) is 14.7 Å². The Bertz CT molecular complexity index is 1090. The van der Waals surface area contributed by atoms with E-state index in [1.54, 1.807) is 6.20 Å². The molecule has 5 rings (SSSR count). The summed E-state index contributed by atoms with van der Waals surface area (Å²) in [6, 6.07) is 13.8. The van der Waals surface area contributed by atoms with Crippen LogP contribution in [0.4, 0.5) is 11.6 Å². The second kappa shape index (κ2) is 9.68. The molecular formula is C24H29N7O2. The van der Waals surface area contributed by atoms with Crippen molar-refractivity contribution in [3.63, 3.8) is 0 Å². The molecule has 9 heteroatoms. The molecule has 1 N–H and O–H groups in total. The largest absolute Gasteiger partial charge is 0.395 e. The maximum absolute atomic E-state index is 13.1. The number of anilines is 2. The predicted molar refractivity (Wildman–Crippen MR) is 128 cm³/mol. The van der Waals surface area contributed by atoms with Crippen molar-refractivity contribution in [2.45, 2.75) is 0 Å². The number of fused-ring (bicyclic) bond motifs is 1. The van der Waals surface area contributed by atoms with Crippen LogP contribution in [-0.4, -0.2) is 102 Å². The Labute approximate surface area is 193 Å². The van der Waals surface area contributed by atoms with Crippen molar-refractivity contribution in [3.8, 4) is 0 Å². The minimum Gasteiger partial charge on any atom is -0.395 e. The molecule has 172 valence electrons. The molecule has 0 bridgehead atoms. The molecule has 4 heterocycles. The molecule has 0 saturated carbocycles. The lowest BCUT2D eigenvalue weighted by molar-refractivity contribution is 0.0743. The number of hydrogen-bond donors (Lipinski definition) is 1. The van der Waals surface area contributed by atoms with E-state index >= 15 is 0 Å². The number of carbonyl (C=O) groups excluding carboxylic acids is 1. The highest BCUT2D eigenvalue weighted by atomic mass is 16.3. The number of pyridine rings is 1. The van der Waals surface area contributed by atoms with Crippen molar-refractivity contribution >= 4 is 28.3 Å². The van der Waals surface area contributed by atoms with Crippen LogP contribution >= 0.6 is 0 Å². The van der Waals surface area contributed by atoms with Crippen molar-refractivity contribution < 1.29 is 9.90 Å². The summed E-state index contributed by atoms with van der Waals surface area (Å²) in [7, 11) is 0. The number of nitrogens with zero attached hydrogens (tertiary/aromatic N) is 7. The number of aliphatic hydroxyl groups is 1. The van der Waals surface area contributed by atoms with Gasteiger partial charge in [-0.1, -0.05) is 24.3 Å². The fourth-order valence-electron chi connectivity index (χ4n) is 4.58. The molecule has 0 atom stereocenters. The Morgan fingerprint density at radius 1 is 0.818 bits per heavy atom. The average Bonchev–Trinajstić information content (AvgIpc) is 2.89. The van der Waals surface area contributed by atoms with Gasteiger partial charge in [-0.25, -0.2) is 0 Å². The van der Waals surface area contributed by atoms with Crippen LogP contribution in [0.1, 0.15) is 10.5 Å². The number of piperazine rings is 2. The monoisotopic (exact) mass is 447 g/mol. The summed E-state index contributed by atoms with van der Waals surface area (Å²) in [4.78, 5) is 26.1. The average molecular weight is 448 g/mol. The highest BCUT2D eigenvalue weighted by molar-refractivity contribution is 6.05. The van der Waals surface area contributed by atoms with Gasteiger partial charge in [0, 0.05) is 70.5 Å². The third kappa shape index (κ3) is 4.60. The van der Waals surface area contributed by atoms with Gasteiger partial charge in [0.25, 0.3) is 5.91 Å². The van der Waals surface area contributed by atoms with E-state index in [1.807, 2.05) is 47.4 Å². The van der Waals surface area contributed by atoms with E-state index in [0.29, 0.717) is 31.9 Å². The Kier molecular flexibility index (Phi) is 6.32. The number of benzene rings is 1. The molecule has 1 aromatic carbocycles. The van der Waals surface area contributed by atoms with Crippen LogP contribution in [0.2, 0.25) is 0 Å². The van der Waals surface area contributed by atoms with Crippen LogP contribution in [-0.2, 0) is 0 Å². The Morgan fingerprint density at radius 3 is 2.09 bits per heavy atom. The van der Waals surface area contributed by atoms with Crippen LogP contribution in [0.3, 0.4) is 0 Å². The summed E-state index contributed by atoms with van der Waals surface area (Å²) in [5, 5.41) is 19.9. The van der Waals surface area contributed by atoms with Crippen LogP contribution in [0, 0.1) is 0 Å². The van der Waals surface area contributed by atoms with Crippen molar-refractivity contribution in [3.05, 3.63) is 54.4 Å². The summed E-state index contributed by atoms with van der Waals surface area (Å²) in [5.74, 6) is 1.71. The zero-order valence-electron chi connectivity index (χ0n) is 18.7. The molecule has 0 aliphatic carbocycles. The number of carbonyl (C=O) groups is 1. The van der Waals surface area contributed by atoms with Gasteiger partial charge in [-0.2, -0.15) is 0 Å². The van der Waals surface area contributed by atoms with E-state index in [0.717, 1.165) is 55.1 Å². The fourth-order valence-corrected chi connectivity index (χ4v) is 4.58. The van der Waals surface area contributed by atoms with Gasteiger partial charge in [0.1, 0.15) is 5.69 Å². The van der Waals surface area contributed by atoms with Crippen LogP contribution in [0.25, 0.3) is 10.8 Å². The second-order valence-corrected chi connectivity index (χ2v) is 8.46. The normalized spacial score (nSPS) is 17.5. The number of amides is 1. The molecule has 3 aromatic rings. The van der Waals surface area contributed by atoms with E-state index in [2.05, 4.69) is 29.9 Å². The van der Waals surface area contributed by atoms with Crippen LogP contribution in [0.5, 0.6) is 0 Å². The van der Waals surface area contributed by atoms with E-state index in [4.69, 9.17) is 5.11 Å². The molecule has 0 unspecified atom stereocenters. The first kappa shape index (κ1) is 21.5. The van der Waals surface area contributed by atoms with Gasteiger partial charge < -0.3 is 19.8 Å². The standard InChI is InChI=1S/C24H29N7O2/c32-18-17-28-9-11-29(12-10-28)21-5-6-22(27-26-21)30-13-15-31(16-14-30)24(33)23-20-4-2-1-3-19(20)7-8-25-23/h1-8,32H,9-18H2. The Balaban J connectivity index is 1.19. The first-order chi connectivity index (χ1) is 16.2. The number of hydrogen-bond acceptors (Lipinski definition) is 8. The Morgan fingerprint density at radius 2 is 1.45 bits per heavy atom. The molecule has 0 spiro atoms. The number of rotatable bonds is 5. The summed E-state index contributed by atoms with van der Waals surface area (Å²) in [6.45, 7) is 7.22. The first-order valence-corrected chi connectivity index (χ1v) is 11.5. The third-order valence-electron chi connectivity index (χ3n) is 6.52. The topological polar surface area (TPSA) is 88.9 Å². The summed E-state index contributed by atoms with van der Waals surface area (Å²) >= 11 is 0. The van der Waals surface area contributed by atoms with Gasteiger partial charge in [-0.05, 0) is 23.6 Å². The quantitative estimate of drug-likeness (QED) is 0.622. The summed E-state index contributed by atoms with van der Waals surface area (Å²) in [5.41, 5.74) is 0.518. The SMILES string of the molecule is O=C(c1nccc2ccccc12)N1CCN(c2ccc(N3CCN(CCO)CC3)nn2)CC1. The smallest absolute Gasteiger partial charge is 0.273 e. The second-order valence-electron chi connectivity index (χ2n) is 8.46. The van der Waals surface area contributed by atoms with E-state index in [1.165, 1.54) is 0 Å². The maximum Gasteiger partial charge on any atom is 0.273 e. The zero-order chi connectivity index (χ0) is 22.6. The third-order valence-corrected chi connectivity index (χ3v) is 6.52. The van der Waals surface area contributed by atoms with E-state index in [9.17, 15) is 4.79 Å². The molecule has 33 heavy (non-hydrogen) atoms. The van der Waals surface area contributed by atoms with Crippen molar-refractivity contribution in [1.29, 1.82) is 0 Å². The van der Waals surface area contributed by atoms with Crippen molar-refractivity contribution in [2.24, 2.45) is 0 Å². The molecular weight excluding hydrogens is 418 g/mol. The van der Waals surface area contributed by atoms with Gasteiger partial charge in [0.15, 0.2) is 11.6 Å². The predicted octanol–water partition coefficient (Wildman–Crippen LogP) is 1.10. The fraction of sp³-hybridized carbons (Fsp3) is 0.417. The molecule has 2 aromatic heterocycles. The van der Waals surface area contributed by atoms with Crippen LogP contribution < -0.4 is 9.80 Å². The minimum absolute atomic E-state index is 0.0202. The summed E-state index contributed by atoms with van der Waals surface area (Å²) in [6.07, 6.45) is 1.70. The van der Waals surface area contributed by atoms with E-state index < -0.39 is 0 Å². The number of aromatic nitrogens is 3. The lowest BCUT2D eigenvalue weighted by Crippen LogP contribution is -2.49. The molecule has 2 saturated heterocycles. The molecule has 2 aliphatic rings. The summed E-state index contributed by atoms with van der Waals surface area (Å²) < 4.78 is 0.